The van der Waals surface area contributed by atoms with E-state index in [1.807, 2.05) is 66.7 Å². The molecular formula is C30H17IrN6. The van der Waals surface area contributed by atoms with Crippen LogP contribution in [0.25, 0.3) is 56.5 Å². The number of rotatable bonds is 5. The van der Waals surface area contributed by atoms with Crippen molar-refractivity contribution in [2.75, 3.05) is 0 Å². The molecule has 6 aromatic rings. The summed E-state index contributed by atoms with van der Waals surface area (Å²) in [7, 11) is 0. The first-order chi connectivity index (χ1) is 17.8. The third-order valence-corrected chi connectivity index (χ3v) is 5.46. The Labute approximate surface area is 228 Å². The van der Waals surface area contributed by atoms with Crippen LogP contribution in [-0.2, 0) is 20.1 Å². The summed E-state index contributed by atoms with van der Waals surface area (Å²) < 4.78 is 0. The van der Waals surface area contributed by atoms with E-state index in [0.717, 1.165) is 44.9 Å². The van der Waals surface area contributed by atoms with E-state index in [1.165, 1.54) is 0 Å². The second-order valence-electron chi connectivity index (χ2n) is 7.86. The predicted molar refractivity (Wildman–Crippen MR) is 137 cm³/mol. The second kappa shape index (κ2) is 11.1. The van der Waals surface area contributed by atoms with Crippen LogP contribution in [0.3, 0.4) is 0 Å². The van der Waals surface area contributed by atoms with Gasteiger partial charge in [0, 0.05) is 36.7 Å². The maximum Gasteiger partial charge on any atom is 3.00 e. The van der Waals surface area contributed by atoms with Gasteiger partial charge in [0.05, 0.1) is 11.6 Å². The van der Waals surface area contributed by atoms with Gasteiger partial charge in [-0.1, -0.05) is 28.3 Å². The van der Waals surface area contributed by atoms with Crippen molar-refractivity contribution in [2.45, 2.75) is 0 Å². The van der Waals surface area contributed by atoms with Gasteiger partial charge in [0.1, 0.15) is 0 Å². The summed E-state index contributed by atoms with van der Waals surface area (Å²) in [6.45, 7) is 0. The van der Waals surface area contributed by atoms with Gasteiger partial charge < -0.3 is 9.97 Å². The number of hydrogen-bond acceptors (Lipinski definition) is 6. The molecule has 0 saturated carbocycles. The van der Waals surface area contributed by atoms with Crippen molar-refractivity contribution in [1.82, 2.24) is 29.9 Å². The Morgan fingerprint density at radius 3 is 1.86 bits per heavy atom. The number of benzene rings is 3. The van der Waals surface area contributed by atoms with E-state index in [-0.39, 0.29) is 20.1 Å². The second-order valence-corrected chi connectivity index (χ2v) is 7.86. The Kier molecular flexibility index (Phi) is 7.26. The van der Waals surface area contributed by atoms with Gasteiger partial charge in [-0.05, 0) is 17.5 Å². The summed E-state index contributed by atoms with van der Waals surface area (Å²) in [5.41, 5.74) is 6.32. The van der Waals surface area contributed by atoms with Gasteiger partial charge in [-0.15, -0.1) is 84.4 Å². The predicted octanol–water partition coefficient (Wildman–Crippen LogP) is 5.79. The zero-order valence-corrected chi connectivity index (χ0v) is 21.7. The zero-order chi connectivity index (χ0) is 24.2. The largest absolute Gasteiger partial charge is 3.00 e. The molecule has 6 rings (SSSR count). The van der Waals surface area contributed by atoms with Gasteiger partial charge in [0.25, 0.3) is 0 Å². The smallest absolute Gasteiger partial charge is 0.332 e. The van der Waals surface area contributed by atoms with Gasteiger partial charge in [-0.3, -0.25) is 19.9 Å². The summed E-state index contributed by atoms with van der Waals surface area (Å²) in [6.07, 6.45) is 8.63. The van der Waals surface area contributed by atoms with E-state index < -0.39 is 0 Å². The van der Waals surface area contributed by atoms with Crippen molar-refractivity contribution < 1.29 is 20.1 Å². The quantitative estimate of drug-likeness (QED) is 0.220. The van der Waals surface area contributed by atoms with Gasteiger partial charge in [0.2, 0.25) is 0 Å². The Balaban J connectivity index is 0.00000280. The maximum atomic E-state index is 4.79. The fraction of sp³-hybridized carbons (Fsp3) is 0. The molecule has 0 saturated heterocycles. The molecule has 0 spiro atoms. The summed E-state index contributed by atoms with van der Waals surface area (Å²) in [5, 5.41) is 0. The summed E-state index contributed by atoms with van der Waals surface area (Å²) >= 11 is 0. The van der Waals surface area contributed by atoms with Crippen molar-refractivity contribution in [1.29, 1.82) is 0 Å². The molecule has 0 aliphatic carbocycles. The van der Waals surface area contributed by atoms with Crippen molar-refractivity contribution in [3.05, 3.63) is 122 Å². The first-order valence-electron chi connectivity index (χ1n) is 11.3. The molecule has 0 unspecified atom stereocenters. The van der Waals surface area contributed by atoms with Crippen molar-refractivity contribution in [3.8, 4) is 56.5 Å². The number of hydrogen-bond donors (Lipinski definition) is 0. The summed E-state index contributed by atoms with van der Waals surface area (Å²) in [6, 6.07) is 33.0. The van der Waals surface area contributed by atoms with Gasteiger partial charge in [0.15, 0.2) is 0 Å². The molecule has 0 bridgehead atoms. The molecule has 6 nitrogen and oxygen atoms in total. The van der Waals surface area contributed by atoms with E-state index in [2.05, 4.69) is 38.1 Å². The standard InChI is InChI=1S/C30H17N6.Ir/c1-2-7-21(8-3-1)27-19-31-20-28(35-27)23-10-4-9-22(17-23)26-13-16-34-30(36-26)25-12-5-11-24(18-25)29-32-14-6-15-33-29;/h1-7,9-16,19-20H;/q-3;+3. The SMILES string of the molecule is [Ir+3].[c-]1ccccc1-c1cncc(-c2[c-]c(-c3ccnc(-c4[c-]c(-c5ncccn5)ccc4)n3)ccc2)n1. The first kappa shape index (κ1) is 24.3. The van der Waals surface area contributed by atoms with Crippen LogP contribution < -0.4 is 0 Å². The molecule has 0 atom stereocenters. The van der Waals surface area contributed by atoms with Crippen molar-refractivity contribution >= 4 is 0 Å². The first-order valence-corrected chi connectivity index (χ1v) is 11.3. The van der Waals surface area contributed by atoms with Gasteiger partial charge >= 0.3 is 20.1 Å². The summed E-state index contributed by atoms with van der Waals surface area (Å²) in [4.78, 5) is 27.1. The van der Waals surface area contributed by atoms with E-state index in [1.54, 1.807) is 37.1 Å². The van der Waals surface area contributed by atoms with E-state index in [9.17, 15) is 0 Å². The average Bonchev–Trinajstić information content (AvgIpc) is 2.98. The molecule has 3 heterocycles. The fourth-order valence-electron chi connectivity index (χ4n) is 3.75. The Bertz CT molecular complexity index is 1520. The average molecular weight is 654 g/mol. The van der Waals surface area contributed by atoms with Crippen LogP contribution in [0.4, 0.5) is 0 Å². The van der Waals surface area contributed by atoms with Crippen LogP contribution in [0.5, 0.6) is 0 Å². The Hall–Kier alpha value is -4.45. The van der Waals surface area contributed by atoms with Crippen LogP contribution in [0.1, 0.15) is 0 Å². The molecule has 0 amide bonds. The van der Waals surface area contributed by atoms with Crippen LogP contribution >= 0.6 is 0 Å². The maximum absolute atomic E-state index is 4.79. The van der Waals surface area contributed by atoms with Crippen LogP contribution in [0.15, 0.2) is 104 Å². The van der Waals surface area contributed by atoms with E-state index >= 15 is 0 Å². The molecule has 7 heteroatoms. The summed E-state index contributed by atoms with van der Waals surface area (Å²) in [5.74, 6) is 1.17. The zero-order valence-electron chi connectivity index (χ0n) is 19.3. The minimum Gasteiger partial charge on any atom is -0.332 e. The monoisotopic (exact) mass is 654 g/mol. The van der Waals surface area contributed by atoms with Crippen molar-refractivity contribution in [3.63, 3.8) is 0 Å². The normalized spacial score (nSPS) is 10.5. The van der Waals surface area contributed by atoms with Crippen LogP contribution in [0.2, 0.25) is 0 Å². The molecule has 0 aliphatic rings. The molecule has 3 aromatic heterocycles. The third-order valence-electron chi connectivity index (χ3n) is 5.46. The Morgan fingerprint density at radius 2 is 1.11 bits per heavy atom. The van der Waals surface area contributed by atoms with Crippen LogP contribution in [-0.4, -0.2) is 29.9 Å². The fourth-order valence-corrected chi connectivity index (χ4v) is 3.75. The number of nitrogens with zero attached hydrogens (tertiary/aromatic N) is 6. The molecule has 0 radical (unpaired) electrons. The van der Waals surface area contributed by atoms with E-state index in [4.69, 9.17) is 9.97 Å². The Morgan fingerprint density at radius 1 is 0.486 bits per heavy atom. The number of aromatic nitrogens is 6. The third kappa shape index (κ3) is 5.38. The molecular weight excluding hydrogens is 637 g/mol. The molecule has 0 N–H and O–H groups in total. The molecule has 0 aliphatic heterocycles. The van der Waals surface area contributed by atoms with Gasteiger partial charge in [-0.2, -0.15) is 0 Å². The minimum absolute atomic E-state index is 0. The molecule has 176 valence electrons. The minimum atomic E-state index is 0. The molecule has 0 fully saturated rings. The van der Waals surface area contributed by atoms with E-state index in [0.29, 0.717) is 11.6 Å². The molecule has 37 heavy (non-hydrogen) atoms. The molecule has 3 aromatic carbocycles. The van der Waals surface area contributed by atoms with Crippen molar-refractivity contribution in [2.24, 2.45) is 0 Å². The topological polar surface area (TPSA) is 77.3 Å². The van der Waals surface area contributed by atoms with Crippen LogP contribution in [0, 0.1) is 18.2 Å². The van der Waals surface area contributed by atoms with Gasteiger partial charge in [-0.25, -0.2) is 0 Å².